The number of aromatic hydroxyl groups is 1. The van der Waals surface area contributed by atoms with E-state index in [0.29, 0.717) is 16.3 Å². The van der Waals surface area contributed by atoms with E-state index in [1.54, 1.807) is 13.0 Å². The van der Waals surface area contributed by atoms with Gasteiger partial charge in [-0.15, -0.1) is 0 Å². The lowest BCUT2D eigenvalue weighted by molar-refractivity contribution is -0.144. The number of aromatic nitrogens is 2. The number of halogens is 4. The van der Waals surface area contributed by atoms with Gasteiger partial charge >= 0.3 is 6.18 Å². The standard InChI is InChI=1S/C19H15F4N3O2/c1-11-5-6-15(27)14(7-11)18(28)24-17-9-16(19(21,22)23)26(25-17)10-12-3-2-4-13(20)8-12/h2-9,27H,10H2,1H3,(H,24,25,28). The monoisotopic (exact) mass is 393 g/mol. The highest BCUT2D eigenvalue weighted by atomic mass is 19.4. The first-order valence-corrected chi connectivity index (χ1v) is 8.14. The molecular formula is C19H15F4N3O2. The van der Waals surface area contributed by atoms with Crippen LogP contribution in [0, 0.1) is 12.7 Å². The molecule has 1 amide bonds. The molecule has 3 rings (SSSR count). The van der Waals surface area contributed by atoms with Gasteiger partial charge in [0.15, 0.2) is 5.82 Å². The van der Waals surface area contributed by atoms with E-state index in [1.807, 2.05) is 0 Å². The second kappa shape index (κ2) is 7.34. The third-order valence-corrected chi connectivity index (χ3v) is 3.93. The molecule has 9 heteroatoms. The van der Waals surface area contributed by atoms with Crippen molar-refractivity contribution in [2.45, 2.75) is 19.6 Å². The molecule has 0 saturated carbocycles. The van der Waals surface area contributed by atoms with E-state index in [9.17, 15) is 27.5 Å². The highest BCUT2D eigenvalue weighted by Crippen LogP contribution is 2.32. The van der Waals surface area contributed by atoms with Gasteiger partial charge in [0.2, 0.25) is 0 Å². The van der Waals surface area contributed by atoms with E-state index in [1.165, 1.54) is 30.3 Å². The lowest BCUT2D eigenvalue weighted by Gasteiger charge is -2.10. The molecule has 1 heterocycles. The van der Waals surface area contributed by atoms with E-state index in [2.05, 4.69) is 10.4 Å². The summed E-state index contributed by atoms with van der Waals surface area (Å²) < 4.78 is 53.9. The van der Waals surface area contributed by atoms with Crippen molar-refractivity contribution >= 4 is 11.7 Å². The summed E-state index contributed by atoms with van der Waals surface area (Å²) in [6.07, 6.45) is -4.73. The summed E-state index contributed by atoms with van der Waals surface area (Å²) in [6.45, 7) is 1.36. The van der Waals surface area contributed by atoms with Crippen molar-refractivity contribution in [1.82, 2.24) is 9.78 Å². The number of anilines is 1. The van der Waals surface area contributed by atoms with Gasteiger partial charge in [-0.1, -0.05) is 23.8 Å². The first-order valence-electron chi connectivity index (χ1n) is 8.14. The SMILES string of the molecule is Cc1ccc(O)c(C(=O)Nc2cc(C(F)(F)F)n(Cc3cccc(F)c3)n2)c1. The minimum atomic E-state index is -4.73. The number of nitrogens with zero attached hydrogens (tertiary/aromatic N) is 2. The van der Waals surface area contributed by atoms with Gasteiger partial charge in [-0.3, -0.25) is 9.48 Å². The highest BCUT2D eigenvalue weighted by molar-refractivity contribution is 6.05. The Morgan fingerprint density at radius 1 is 1.18 bits per heavy atom. The average Bonchev–Trinajstić information content (AvgIpc) is 2.99. The molecule has 0 aliphatic heterocycles. The third kappa shape index (κ3) is 4.30. The summed E-state index contributed by atoms with van der Waals surface area (Å²) >= 11 is 0. The van der Waals surface area contributed by atoms with E-state index in [4.69, 9.17) is 0 Å². The van der Waals surface area contributed by atoms with E-state index in [0.717, 1.165) is 6.07 Å². The summed E-state index contributed by atoms with van der Waals surface area (Å²) in [5.74, 6) is -2.03. The molecule has 0 aliphatic carbocycles. The molecule has 0 saturated heterocycles. The molecule has 0 aliphatic rings. The maximum absolute atomic E-state index is 13.3. The lowest BCUT2D eigenvalue weighted by Crippen LogP contribution is -2.15. The molecule has 0 spiro atoms. The molecule has 0 bridgehead atoms. The topological polar surface area (TPSA) is 67.2 Å². The zero-order valence-corrected chi connectivity index (χ0v) is 14.6. The van der Waals surface area contributed by atoms with Crippen molar-refractivity contribution in [2.24, 2.45) is 0 Å². The Labute approximate surface area is 157 Å². The Morgan fingerprint density at radius 2 is 1.93 bits per heavy atom. The largest absolute Gasteiger partial charge is 0.507 e. The van der Waals surface area contributed by atoms with Crippen LogP contribution in [-0.2, 0) is 12.7 Å². The van der Waals surface area contributed by atoms with E-state index in [-0.39, 0.29) is 29.2 Å². The van der Waals surface area contributed by atoms with Crippen molar-refractivity contribution in [3.63, 3.8) is 0 Å². The molecule has 28 heavy (non-hydrogen) atoms. The van der Waals surface area contributed by atoms with Crippen molar-refractivity contribution in [3.05, 3.63) is 76.7 Å². The highest BCUT2D eigenvalue weighted by Gasteiger charge is 2.36. The summed E-state index contributed by atoms with van der Waals surface area (Å²) in [5, 5.41) is 15.8. The summed E-state index contributed by atoms with van der Waals surface area (Å²) in [7, 11) is 0. The van der Waals surface area contributed by atoms with Gasteiger partial charge in [-0.2, -0.15) is 18.3 Å². The van der Waals surface area contributed by atoms with Crippen LogP contribution in [-0.4, -0.2) is 20.8 Å². The third-order valence-electron chi connectivity index (χ3n) is 3.93. The number of alkyl halides is 3. The number of hydrogen-bond donors (Lipinski definition) is 2. The quantitative estimate of drug-likeness (QED) is 0.648. The van der Waals surface area contributed by atoms with Crippen LogP contribution in [0.25, 0.3) is 0 Å². The molecule has 3 aromatic rings. The Balaban J connectivity index is 1.91. The van der Waals surface area contributed by atoms with Gasteiger partial charge in [0, 0.05) is 6.07 Å². The lowest BCUT2D eigenvalue weighted by atomic mass is 10.1. The van der Waals surface area contributed by atoms with Gasteiger partial charge in [0.05, 0.1) is 12.1 Å². The minimum absolute atomic E-state index is 0.0896. The molecule has 0 fully saturated rings. The van der Waals surface area contributed by atoms with Crippen LogP contribution in [0.4, 0.5) is 23.4 Å². The van der Waals surface area contributed by atoms with Gasteiger partial charge in [-0.05, 0) is 36.8 Å². The van der Waals surface area contributed by atoms with Gasteiger partial charge < -0.3 is 10.4 Å². The van der Waals surface area contributed by atoms with E-state index >= 15 is 0 Å². The number of aryl methyl sites for hydroxylation is 1. The van der Waals surface area contributed by atoms with Crippen LogP contribution >= 0.6 is 0 Å². The molecule has 0 unspecified atom stereocenters. The van der Waals surface area contributed by atoms with Crippen LogP contribution in [0.15, 0.2) is 48.5 Å². The number of benzene rings is 2. The Bertz CT molecular complexity index is 1030. The predicted molar refractivity (Wildman–Crippen MR) is 93.5 cm³/mol. The number of hydrogen-bond acceptors (Lipinski definition) is 3. The maximum Gasteiger partial charge on any atom is 0.433 e. The Morgan fingerprint density at radius 3 is 2.61 bits per heavy atom. The smallest absolute Gasteiger partial charge is 0.433 e. The molecule has 5 nitrogen and oxygen atoms in total. The maximum atomic E-state index is 13.3. The number of phenols is 1. The van der Waals surface area contributed by atoms with Gasteiger partial charge in [0.1, 0.15) is 17.3 Å². The first-order chi connectivity index (χ1) is 13.1. The Kier molecular flexibility index (Phi) is 5.08. The van der Waals surface area contributed by atoms with Crippen LogP contribution < -0.4 is 5.32 Å². The van der Waals surface area contributed by atoms with Crippen LogP contribution in [0.2, 0.25) is 0 Å². The summed E-state index contributed by atoms with van der Waals surface area (Å²) in [5.41, 5.74) is -0.216. The van der Waals surface area contributed by atoms with Crippen LogP contribution in [0.3, 0.4) is 0 Å². The van der Waals surface area contributed by atoms with Crippen molar-refractivity contribution in [3.8, 4) is 5.75 Å². The van der Waals surface area contributed by atoms with E-state index < -0.39 is 23.6 Å². The zero-order valence-electron chi connectivity index (χ0n) is 14.6. The number of amides is 1. The van der Waals surface area contributed by atoms with Crippen molar-refractivity contribution in [2.75, 3.05) is 5.32 Å². The second-order valence-corrected chi connectivity index (χ2v) is 6.17. The van der Waals surface area contributed by atoms with Gasteiger partial charge in [-0.25, -0.2) is 4.39 Å². The summed E-state index contributed by atoms with van der Waals surface area (Å²) in [4.78, 5) is 12.3. The average molecular weight is 393 g/mol. The fourth-order valence-corrected chi connectivity index (χ4v) is 2.65. The molecule has 1 aromatic heterocycles. The summed E-state index contributed by atoms with van der Waals surface area (Å²) in [6, 6.07) is 10.1. The molecule has 146 valence electrons. The van der Waals surface area contributed by atoms with Crippen molar-refractivity contribution in [1.29, 1.82) is 0 Å². The van der Waals surface area contributed by atoms with Crippen LogP contribution in [0.1, 0.15) is 27.2 Å². The second-order valence-electron chi connectivity index (χ2n) is 6.17. The van der Waals surface area contributed by atoms with Gasteiger partial charge in [0.25, 0.3) is 5.91 Å². The van der Waals surface area contributed by atoms with Crippen LogP contribution in [0.5, 0.6) is 5.75 Å². The zero-order chi connectivity index (χ0) is 20.5. The fraction of sp³-hybridized carbons (Fsp3) is 0.158. The molecule has 2 N–H and O–H groups in total. The number of rotatable bonds is 4. The first kappa shape index (κ1) is 19.4. The van der Waals surface area contributed by atoms with Crippen molar-refractivity contribution < 1.29 is 27.5 Å². The normalized spacial score (nSPS) is 11.5. The predicted octanol–water partition coefficient (Wildman–Crippen LogP) is 4.36. The number of carbonyl (C=O) groups excluding carboxylic acids is 1. The molecule has 0 radical (unpaired) electrons. The molecular weight excluding hydrogens is 378 g/mol. The fourth-order valence-electron chi connectivity index (χ4n) is 2.65. The minimum Gasteiger partial charge on any atom is -0.507 e. The molecule has 0 atom stereocenters. The number of phenolic OH excluding ortho intramolecular Hbond substituents is 1. The number of carbonyl (C=O) groups is 1. The number of nitrogens with one attached hydrogen (secondary N) is 1. The Hall–Kier alpha value is -3.36. The molecule has 2 aromatic carbocycles.